The molecule has 1 atom stereocenters. The van der Waals surface area contributed by atoms with Gasteiger partial charge in [-0.3, -0.25) is 9.78 Å². The molecule has 1 heterocycles. The molecule has 0 bridgehead atoms. The van der Waals surface area contributed by atoms with Gasteiger partial charge in [-0.05, 0) is 34.7 Å². The minimum absolute atomic E-state index is 0.0584. The van der Waals surface area contributed by atoms with E-state index in [1.54, 1.807) is 42.7 Å². The van der Waals surface area contributed by atoms with Crippen LogP contribution in [0.4, 0.5) is 10.5 Å². The Kier molecular flexibility index (Phi) is 5.63. The van der Waals surface area contributed by atoms with Gasteiger partial charge in [0.15, 0.2) is 0 Å². The Balaban J connectivity index is 1.82. The lowest BCUT2D eigenvalue weighted by Gasteiger charge is -2.18. The lowest BCUT2D eigenvalue weighted by molar-refractivity contribution is -0.117. The molecule has 27 heavy (non-hydrogen) atoms. The van der Waals surface area contributed by atoms with Crippen molar-refractivity contribution in [1.82, 2.24) is 10.3 Å². The number of anilines is 1. The van der Waals surface area contributed by atoms with E-state index >= 15 is 0 Å². The van der Waals surface area contributed by atoms with Crippen molar-refractivity contribution in [2.75, 3.05) is 11.9 Å². The van der Waals surface area contributed by atoms with E-state index in [2.05, 4.69) is 15.6 Å². The molecule has 0 aliphatic carbocycles. The van der Waals surface area contributed by atoms with Crippen molar-refractivity contribution in [3.8, 4) is 0 Å². The van der Waals surface area contributed by atoms with Crippen molar-refractivity contribution < 1.29 is 19.8 Å². The van der Waals surface area contributed by atoms with Gasteiger partial charge in [-0.1, -0.05) is 30.3 Å². The van der Waals surface area contributed by atoms with Gasteiger partial charge in [-0.25, -0.2) is 4.79 Å². The van der Waals surface area contributed by atoms with Gasteiger partial charge in [0.25, 0.3) is 0 Å². The summed E-state index contributed by atoms with van der Waals surface area (Å²) in [5.74, 6) is -1.03. The van der Waals surface area contributed by atoms with Crippen LogP contribution < -0.4 is 10.6 Å². The number of rotatable bonds is 6. The van der Waals surface area contributed by atoms with Crippen molar-refractivity contribution in [3.63, 3.8) is 0 Å². The number of carbonyl (C=O) groups excluding carboxylic acids is 1. The standard InChI is InChI=1S/C20H19N3O4/c24-12-13-1-3-14(4-2-13)18(11-22-20(26)27)19(25)23-17-6-5-16-10-21-8-7-15(16)9-17/h1-10,18,22,24H,11-12H2,(H,23,25)(H,26,27)/t18-/m1/s1. The summed E-state index contributed by atoms with van der Waals surface area (Å²) in [6, 6.07) is 14.2. The van der Waals surface area contributed by atoms with Crippen LogP contribution in [0.5, 0.6) is 0 Å². The van der Waals surface area contributed by atoms with Crippen LogP contribution in [-0.4, -0.2) is 33.7 Å². The van der Waals surface area contributed by atoms with Crippen LogP contribution in [0.25, 0.3) is 10.8 Å². The zero-order chi connectivity index (χ0) is 19.2. The number of aromatic nitrogens is 1. The number of amides is 2. The average Bonchev–Trinajstić information content (AvgIpc) is 2.68. The largest absolute Gasteiger partial charge is 0.465 e. The molecule has 0 aliphatic heterocycles. The molecule has 4 N–H and O–H groups in total. The molecule has 0 saturated carbocycles. The third-order valence-corrected chi connectivity index (χ3v) is 4.25. The second-order valence-corrected chi connectivity index (χ2v) is 6.07. The quantitative estimate of drug-likeness (QED) is 0.537. The summed E-state index contributed by atoms with van der Waals surface area (Å²) in [6.45, 7) is -0.159. The number of nitrogens with one attached hydrogen (secondary N) is 2. The Labute approximate surface area is 155 Å². The molecule has 2 aromatic carbocycles. The highest BCUT2D eigenvalue weighted by Crippen LogP contribution is 2.22. The van der Waals surface area contributed by atoms with Crippen molar-refractivity contribution in [2.45, 2.75) is 12.5 Å². The number of fused-ring (bicyclic) bond motifs is 1. The molecule has 7 nitrogen and oxygen atoms in total. The van der Waals surface area contributed by atoms with Crippen LogP contribution >= 0.6 is 0 Å². The molecule has 0 fully saturated rings. The van der Waals surface area contributed by atoms with Crippen LogP contribution in [0.2, 0.25) is 0 Å². The molecular weight excluding hydrogens is 346 g/mol. The third-order valence-electron chi connectivity index (χ3n) is 4.25. The summed E-state index contributed by atoms with van der Waals surface area (Å²) in [5, 5.41) is 25.1. The number of hydrogen-bond acceptors (Lipinski definition) is 4. The molecule has 0 aliphatic rings. The smallest absolute Gasteiger partial charge is 0.404 e. The molecule has 2 amide bonds. The predicted molar refractivity (Wildman–Crippen MR) is 102 cm³/mol. The van der Waals surface area contributed by atoms with Crippen LogP contribution in [-0.2, 0) is 11.4 Å². The third kappa shape index (κ3) is 4.59. The molecule has 0 unspecified atom stereocenters. The van der Waals surface area contributed by atoms with Crippen molar-refractivity contribution in [1.29, 1.82) is 0 Å². The van der Waals surface area contributed by atoms with E-state index < -0.39 is 12.0 Å². The first kappa shape index (κ1) is 18.3. The van der Waals surface area contributed by atoms with E-state index in [0.29, 0.717) is 16.8 Å². The maximum Gasteiger partial charge on any atom is 0.404 e. The second kappa shape index (κ2) is 8.29. The van der Waals surface area contributed by atoms with Gasteiger partial charge in [0.2, 0.25) is 5.91 Å². The lowest BCUT2D eigenvalue weighted by atomic mass is 9.96. The van der Waals surface area contributed by atoms with Crippen LogP contribution in [0, 0.1) is 0 Å². The highest BCUT2D eigenvalue weighted by Gasteiger charge is 2.21. The summed E-state index contributed by atoms with van der Waals surface area (Å²) in [7, 11) is 0. The first-order chi connectivity index (χ1) is 13.1. The number of hydrogen-bond donors (Lipinski definition) is 4. The van der Waals surface area contributed by atoms with Crippen LogP contribution in [0.1, 0.15) is 17.0 Å². The second-order valence-electron chi connectivity index (χ2n) is 6.07. The first-order valence-electron chi connectivity index (χ1n) is 8.38. The van der Waals surface area contributed by atoms with Gasteiger partial charge in [-0.15, -0.1) is 0 Å². The monoisotopic (exact) mass is 365 g/mol. The van der Waals surface area contributed by atoms with Crippen molar-refractivity contribution in [2.24, 2.45) is 0 Å². The summed E-state index contributed by atoms with van der Waals surface area (Å²) in [6.07, 6.45) is 2.22. The Hall–Kier alpha value is -3.45. The number of carboxylic acid groups (broad SMARTS) is 1. The Morgan fingerprint density at radius 2 is 1.81 bits per heavy atom. The fourth-order valence-electron chi connectivity index (χ4n) is 2.80. The normalized spacial score (nSPS) is 11.7. The maximum absolute atomic E-state index is 12.8. The van der Waals surface area contributed by atoms with E-state index in [1.165, 1.54) is 0 Å². The fourth-order valence-corrected chi connectivity index (χ4v) is 2.80. The number of benzene rings is 2. The minimum Gasteiger partial charge on any atom is -0.465 e. The average molecular weight is 365 g/mol. The van der Waals surface area contributed by atoms with E-state index in [-0.39, 0.29) is 19.1 Å². The molecular formula is C20H19N3O4. The summed E-state index contributed by atoms with van der Waals surface area (Å²) in [5.41, 5.74) is 1.99. The van der Waals surface area contributed by atoms with Gasteiger partial charge in [-0.2, -0.15) is 0 Å². The van der Waals surface area contributed by atoms with E-state index in [4.69, 9.17) is 10.2 Å². The van der Waals surface area contributed by atoms with Gasteiger partial charge in [0.05, 0.1) is 12.5 Å². The zero-order valence-corrected chi connectivity index (χ0v) is 14.4. The number of aliphatic hydroxyl groups excluding tert-OH is 1. The SMILES string of the molecule is O=C(O)NC[C@@H](C(=O)Nc1ccc2cnccc2c1)c1ccc(CO)cc1. The zero-order valence-electron chi connectivity index (χ0n) is 14.4. The lowest BCUT2D eigenvalue weighted by Crippen LogP contribution is -2.33. The van der Waals surface area contributed by atoms with Gasteiger partial charge in [0, 0.05) is 30.0 Å². The highest BCUT2D eigenvalue weighted by molar-refractivity contribution is 5.98. The molecule has 3 rings (SSSR count). The molecule has 1 aromatic heterocycles. The maximum atomic E-state index is 12.8. The summed E-state index contributed by atoms with van der Waals surface area (Å²) in [4.78, 5) is 27.7. The summed E-state index contributed by atoms with van der Waals surface area (Å²) >= 11 is 0. The predicted octanol–water partition coefficient (Wildman–Crippen LogP) is 2.72. The topological polar surface area (TPSA) is 112 Å². The van der Waals surface area contributed by atoms with Crippen LogP contribution in [0.3, 0.4) is 0 Å². The molecule has 0 spiro atoms. The number of aliphatic hydroxyl groups is 1. The number of nitrogens with zero attached hydrogens (tertiary/aromatic N) is 1. The van der Waals surface area contributed by atoms with E-state index in [1.807, 2.05) is 18.2 Å². The number of carbonyl (C=O) groups is 2. The van der Waals surface area contributed by atoms with Gasteiger partial charge < -0.3 is 20.8 Å². The molecule has 3 aromatic rings. The highest BCUT2D eigenvalue weighted by atomic mass is 16.4. The minimum atomic E-state index is -1.20. The van der Waals surface area contributed by atoms with E-state index in [9.17, 15) is 9.59 Å². The van der Waals surface area contributed by atoms with Crippen molar-refractivity contribution >= 4 is 28.5 Å². The Morgan fingerprint density at radius 3 is 2.52 bits per heavy atom. The number of pyridine rings is 1. The van der Waals surface area contributed by atoms with Crippen LogP contribution in [0.15, 0.2) is 60.9 Å². The Bertz CT molecular complexity index is 957. The summed E-state index contributed by atoms with van der Waals surface area (Å²) < 4.78 is 0. The molecule has 0 saturated heterocycles. The van der Waals surface area contributed by atoms with E-state index in [0.717, 1.165) is 10.8 Å². The molecule has 7 heteroatoms. The molecule has 138 valence electrons. The fraction of sp³-hybridized carbons (Fsp3) is 0.150. The molecule has 0 radical (unpaired) electrons. The van der Waals surface area contributed by atoms with Gasteiger partial charge in [0.1, 0.15) is 0 Å². The first-order valence-corrected chi connectivity index (χ1v) is 8.38. The Morgan fingerprint density at radius 1 is 1.04 bits per heavy atom. The van der Waals surface area contributed by atoms with Crippen molar-refractivity contribution in [3.05, 3.63) is 72.1 Å². The van der Waals surface area contributed by atoms with Gasteiger partial charge >= 0.3 is 6.09 Å².